The molecule has 1 aliphatic rings. The quantitative estimate of drug-likeness (QED) is 0.713. The van der Waals surface area contributed by atoms with Crippen molar-refractivity contribution in [3.63, 3.8) is 0 Å². The Balaban J connectivity index is 1.39. The summed E-state index contributed by atoms with van der Waals surface area (Å²) in [5.41, 5.74) is 4.83. The number of benzene rings is 1. The number of carbonyl (C=O) groups excluding carboxylic acids is 1. The molecule has 1 aromatic carbocycles. The lowest BCUT2D eigenvalue weighted by molar-refractivity contribution is 0.0954. The number of rotatable bonds is 6. The molecule has 0 aliphatic heterocycles. The molecule has 1 N–H and O–H groups in total. The smallest absolute Gasteiger partial charge is 0.254 e. The van der Waals surface area contributed by atoms with E-state index in [0.29, 0.717) is 24.3 Å². The Hall–Kier alpha value is -3.22. The van der Waals surface area contributed by atoms with Crippen molar-refractivity contribution in [3.8, 4) is 11.4 Å². The first-order valence-electron chi connectivity index (χ1n) is 9.47. The molecule has 0 atom stereocenters. The topological polar surface area (TPSA) is 81.9 Å². The number of aromatic nitrogens is 4. The molecule has 2 aromatic heterocycles. The molecule has 0 fully saturated rings. The Kier molecular flexibility index (Phi) is 5.06. The third kappa shape index (κ3) is 3.60. The molecule has 0 bridgehead atoms. The number of ether oxygens (including phenoxy) is 1. The lowest BCUT2D eigenvalue weighted by atomic mass is 10.2. The Morgan fingerprint density at radius 2 is 2.11 bits per heavy atom. The fourth-order valence-electron chi connectivity index (χ4n) is 3.58. The van der Waals surface area contributed by atoms with Crippen LogP contribution in [0, 0.1) is 6.92 Å². The number of fused-ring (bicyclic) bond motifs is 1. The Morgan fingerprint density at radius 3 is 2.96 bits per heavy atom. The molecular formula is C21H23N5O2. The summed E-state index contributed by atoms with van der Waals surface area (Å²) in [4.78, 5) is 21.7. The van der Waals surface area contributed by atoms with E-state index in [1.54, 1.807) is 24.2 Å². The van der Waals surface area contributed by atoms with Crippen LogP contribution in [-0.2, 0) is 19.3 Å². The van der Waals surface area contributed by atoms with Crippen LogP contribution < -0.4 is 10.1 Å². The molecule has 7 heteroatoms. The Morgan fingerprint density at radius 1 is 1.25 bits per heavy atom. The summed E-state index contributed by atoms with van der Waals surface area (Å²) >= 11 is 0. The van der Waals surface area contributed by atoms with E-state index in [0.717, 1.165) is 36.5 Å². The van der Waals surface area contributed by atoms with Crippen LogP contribution in [0.4, 0.5) is 0 Å². The van der Waals surface area contributed by atoms with Crippen LogP contribution in [0.2, 0.25) is 0 Å². The van der Waals surface area contributed by atoms with Gasteiger partial charge >= 0.3 is 0 Å². The first-order chi connectivity index (χ1) is 13.7. The molecule has 0 saturated carbocycles. The fourth-order valence-corrected chi connectivity index (χ4v) is 3.58. The zero-order valence-corrected chi connectivity index (χ0v) is 16.1. The normalized spacial score (nSPS) is 12.6. The number of hydrogen-bond donors (Lipinski definition) is 1. The highest BCUT2D eigenvalue weighted by atomic mass is 16.5. The van der Waals surface area contributed by atoms with Crippen LogP contribution in [-0.4, -0.2) is 39.3 Å². The number of aryl methyl sites for hydroxylation is 2. The molecular weight excluding hydrogens is 354 g/mol. The van der Waals surface area contributed by atoms with Gasteiger partial charge in [-0.2, -0.15) is 5.10 Å². The first-order valence-corrected chi connectivity index (χ1v) is 9.47. The molecule has 0 unspecified atom stereocenters. The van der Waals surface area contributed by atoms with Gasteiger partial charge in [0, 0.05) is 30.6 Å². The van der Waals surface area contributed by atoms with E-state index in [4.69, 9.17) is 4.74 Å². The molecule has 0 spiro atoms. The van der Waals surface area contributed by atoms with E-state index < -0.39 is 0 Å². The van der Waals surface area contributed by atoms with Crippen LogP contribution in [0.1, 0.15) is 39.6 Å². The zero-order valence-electron chi connectivity index (χ0n) is 16.1. The van der Waals surface area contributed by atoms with Gasteiger partial charge in [0.05, 0.1) is 18.9 Å². The standard InChI is InChI=1S/C21H23N5O2/c1-14-16-6-5-7-17(16)25-20(24-14)10-11-22-21(27)15-12-23-26(13-15)18-8-3-4-9-19(18)28-2/h3-4,8-9,12-13H,5-7,10-11H2,1-2H3,(H,22,27). The third-order valence-electron chi connectivity index (χ3n) is 5.00. The molecule has 144 valence electrons. The molecule has 2 heterocycles. The summed E-state index contributed by atoms with van der Waals surface area (Å²) in [7, 11) is 1.61. The van der Waals surface area contributed by atoms with Crippen LogP contribution >= 0.6 is 0 Å². The van der Waals surface area contributed by atoms with Crippen molar-refractivity contribution >= 4 is 5.91 Å². The van der Waals surface area contributed by atoms with Crippen molar-refractivity contribution in [1.29, 1.82) is 0 Å². The van der Waals surface area contributed by atoms with Gasteiger partial charge in [-0.25, -0.2) is 14.6 Å². The maximum absolute atomic E-state index is 12.5. The second-order valence-electron chi connectivity index (χ2n) is 6.86. The van der Waals surface area contributed by atoms with E-state index in [9.17, 15) is 4.79 Å². The molecule has 4 rings (SSSR count). The van der Waals surface area contributed by atoms with Crippen molar-refractivity contribution in [2.75, 3.05) is 13.7 Å². The minimum Gasteiger partial charge on any atom is -0.494 e. The second-order valence-corrected chi connectivity index (χ2v) is 6.86. The first kappa shape index (κ1) is 18.2. The number of para-hydroxylation sites is 2. The van der Waals surface area contributed by atoms with Crippen molar-refractivity contribution < 1.29 is 9.53 Å². The van der Waals surface area contributed by atoms with Gasteiger partial charge < -0.3 is 10.1 Å². The maximum atomic E-state index is 12.5. The van der Waals surface area contributed by atoms with E-state index in [2.05, 4.69) is 20.4 Å². The number of nitrogens with one attached hydrogen (secondary N) is 1. The van der Waals surface area contributed by atoms with E-state index >= 15 is 0 Å². The average molecular weight is 377 g/mol. The monoisotopic (exact) mass is 377 g/mol. The minimum absolute atomic E-state index is 0.168. The van der Waals surface area contributed by atoms with Crippen LogP contribution in [0.15, 0.2) is 36.7 Å². The fraction of sp³-hybridized carbons (Fsp3) is 0.333. The predicted octanol–water partition coefficient (Wildman–Crippen LogP) is 2.44. The van der Waals surface area contributed by atoms with Gasteiger partial charge in [-0.3, -0.25) is 4.79 Å². The largest absolute Gasteiger partial charge is 0.494 e. The number of amides is 1. The minimum atomic E-state index is -0.168. The van der Waals surface area contributed by atoms with Gasteiger partial charge in [0.25, 0.3) is 5.91 Å². The highest BCUT2D eigenvalue weighted by Gasteiger charge is 2.17. The number of methoxy groups -OCH3 is 1. The van der Waals surface area contributed by atoms with Gasteiger partial charge in [-0.1, -0.05) is 12.1 Å². The summed E-state index contributed by atoms with van der Waals surface area (Å²) in [6.07, 6.45) is 7.12. The van der Waals surface area contributed by atoms with Crippen LogP contribution in [0.5, 0.6) is 5.75 Å². The number of carbonyl (C=O) groups is 1. The third-order valence-corrected chi connectivity index (χ3v) is 5.00. The lowest BCUT2D eigenvalue weighted by Gasteiger charge is -2.08. The number of nitrogens with zero attached hydrogens (tertiary/aromatic N) is 4. The molecule has 0 radical (unpaired) electrons. The Bertz CT molecular complexity index is 1010. The molecule has 28 heavy (non-hydrogen) atoms. The average Bonchev–Trinajstić information content (AvgIpc) is 3.38. The van der Waals surface area contributed by atoms with Crippen molar-refractivity contribution in [2.24, 2.45) is 0 Å². The van der Waals surface area contributed by atoms with E-state index in [1.807, 2.05) is 31.2 Å². The zero-order chi connectivity index (χ0) is 19.5. The van der Waals surface area contributed by atoms with E-state index in [-0.39, 0.29) is 5.91 Å². The van der Waals surface area contributed by atoms with Gasteiger partial charge in [0.2, 0.25) is 0 Å². The molecule has 1 aliphatic carbocycles. The summed E-state index contributed by atoms with van der Waals surface area (Å²) in [5, 5.41) is 7.21. The van der Waals surface area contributed by atoms with Crippen molar-refractivity contribution in [2.45, 2.75) is 32.6 Å². The van der Waals surface area contributed by atoms with Gasteiger partial charge in [-0.15, -0.1) is 0 Å². The summed E-state index contributed by atoms with van der Waals surface area (Å²) in [6, 6.07) is 7.54. The molecule has 0 saturated heterocycles. The summed E-state index contributed by atoms with van der Waals surface area (Å²) < 4.78 is 6.99. The van der Waals surface area contributed by atoms with Crippen LogP contribution in [0.3, 0.4) is 0 Å². The SMILES string of the molecule is COc1ccccc1-n1cc(C(=O)NCCc2nc(C)c3c(n2)CCC3)cn1. The summed E-state index contributed by atoms with van der Waals surface area (Å²) in [5.74, 6) is 1.32. The second kappa shape index (κ2) is 7.80. The predicted molar refractivity (Wildman–Crippen MR) is 105 cm³/mol. The molecule has 3 aromatic rings. The van der Waals surface area contributed by atoms with Gasteiger partial charge in [-0.05, 0) is 43.9 Å². The van der Waals surface area contributed by atoms with Crippen molar-refractivity contribution in [3.05, 3.63) is 65.0 Å². The number of hydrogen-bond acceptors (Lipinski definition) is 5. The molecule has 1 amide bonds. The van der Waals surface area contributed by atoms with E-state index in [1.165, 1.54) is 11.3 Å². The summed E-state index contributed by atoms with van der Waals surface area (Å²) in [6.45, 7) is 2.52. The maximum Gasteiger partial charge on any atom is 0.254 e. The van der Waals surface area contributed by atoms with Gasteiger partial charge in [0.1, 0.15) is 17.3 Å². The van der Waals surface area contributed by atoms with Crippen LogP contribution in [0.25, 0.3) is 5.69 Å². The van der Waals surface area contributed by atoms with Crippen molar-refractivity contribution in [1.82, 2.24) is 25.1 Å². The van der Waals surface area contributed by atoms with Gasteiger partial charge in [0.15, 0.2) is 0 Å². The lowest BCUT2D eigenvalue weighted by Crippen LogP contribution is -2.26. The Labute approximate surface area is 163 Å². The highest BCUT2D eigenvalue weighted by molar-refractivity contribution is 5.93. The molecule has 7 nitrogen and oxygen atoms in total. The highest BCUT2D eigenvalue weighted by Crippen LogP contribution is 2.23.